The van der Waals surface area contributed by atoms with E-state index >= 15 is 0 Å². The van der Waals surface area contributed by atoms with Crippen LogP contribution in [0.15, 0.2) is 36.7 Å². The maximum absolute atomic E-state index is 13.7. The molecule has 11 nitrogen and oxygen atoms in total. The molecule has 0 saturated carbocycles. The first-order valence-corrected chi connectivity index (χ1v) is 12.6. The first-order valence-electron chi connectivity index (χ1n) is 10.7. The van der Waals surface area contributed by atoms with Gasteiger partial charge in [0, 0.05) is 43.3 Å². The molecule has 4 rings (SSSR count). The van der Waals surface area contributed by atoms with Gasteiger partial charge in [0.15, 0.2) is 0 Å². The molecule has 1 aliphatic rings. The molecule has 3 N–H and O–H groups in total. The molecule has 0 fully saturated rings. The minimum absolute atomic E-state index is 0.0597. The highest BCUT2D eigenvalue weighted by Crippen LogP contribution is 2.37. The van der Waals surface area contributed by atoms with Crippen LogP contribution in [0.1, 0.15) is 16.7 Å². The van der Waals surface area contributed by atoms with E-state index in [2.05, 4.69) is 30.9 Å². The number of amides is 1. The van der Waals surface area contributed by atoms with Crippen molar-refractivity contribution >= 4 is 44.9 Å². The van der Waals surface area contributed by atoms with Crippen molar-refractivity contribution in [1.82, 2.24) is 15.0 Å². The molecular weight excluding hydrogens is 515 g/mol. The Morgan fingerprint density at radius 2 is 2.00 bits per heavy atom. The Bertz CT molecular complexity index is 1470. The topological polar surface area (TPSA) is 138 Å². The number of rotatable bonds is 8. The molecule has 37 heavy (non-hydrogen) atoms. The van der Waals surface area contributed by atoms with Gasteiger partial charge in [-0.15, -0.1) is 0 Å². The van der Waals surface area contributed by atoms with E-state index in [1.54, 1.807) is 12.1 Å². The Morgan fingerprint density at radius 3 is 2.68 bits per heavy atom. The van der Waals surface area contributed by atoms with Crippen LogP contribution in [0.5, 0.6) is 5.75 Å². The van der Waals surface area contributed by atoms with Crippen molar-refractivity contribution in [3.05, 3.63) is 53.3 Å². The highest BCUT2D eigenvalue weighted by atomic mass is 32.2. The molecule has 0 radical (unpaired) electrons. The Labute approximate surface area is 210 Å². The van der Waals surface area contributed by atoms with Gasteiger partial charge in [-0.1, -0.05) is 6.07 Å². The fraction of sp³-hybridized carbons (Fsp3) is 0.273. The van der Waals surface area contributed by atoms with E-state index in [9.17, 15) is 26.4 Å². The number of hydrogen-bond acceptors (Lipinski definition) is 9. The summed E-state index contributed by atoms with van der Waals surface area (Å²) in [6, 6.07) is 6.29. The van der Waals surface area contributed by atoms with Crippen LogP contribution in [0.2, 0.25) is 0 Å². The molecule has 2 aromatic heterocycles. The minimum Gasteiger partial charge on any atom is -0.494 e. The Kier molecular flexibility index (Phi) is 6.82. The van der Waals surface area contributed by atoms with Crippen LogP contribution in [-0.4, -0.2) is 49.7 Å². The van der Waals surface area contributed by atoms with Crippen molar-refractivity contribution in [2.45, 2.75) is 19.1 Å². The SMILES string of the molecule is COc1cc2c(cc1Nc1ncc(C(F)(F)F)c(NCc3cccnc3N(C)S(C)(=O)=O)n1)CC(=O)N2. The third-order valence-electron chi connectivity index (χ3n) is 5.50. The van der Waals surface area contributed by atoms with Gasteiger partial charge in [-0.25, -0.2) is 18.4 Å². The van der Waals surface area contributed by atoms with Gasteiger partial charge in [-0.2, -0.15) is 18.2 Å². The Morgan fingerprint density at radius 1 is 1.24 bits per heavy atom. The standard InChI is InChI=1S/C22H22F3N7O4S/c1-32(37(3,34)35)20-12(5-4-6-26-20)10-27-19-14(22(23,24)25)11-28-21(31-19)30-16-7-13-8-18(33)29-15(13)9-17(16)36-2/h4-7,9,11H,8,10H2,1-3H3,(H,29,33)(H2,27,28,30,31). The highest BCUT2D eigenvalue weighted by Gasteiger charge is 2.35. The molecule has 0 aliphatic carbocycles. The number of nitrogens with one attached hydrogen (secondary N) is 3. The molecule has 1 aromatic carbocycles. The zero-order chi connectivity index (χ0) is 27.0. The molecule has 0 spiro atoms. The van der Waals surface area contributed by atoms with Crippen LogP contribution in [0.25, 0.3) is 0 Å². The van der Waals surface area contributed by atoms with E-state index < -0.39 is 27.6 Å². The molecule has 3 aromatic rings. The van der Waals surface area contributed by atoms with E-state index in [0.29, 0.717) is 34.4 Å². The van der Waals surface area contributed by atoms with Crippen LogP contribution >= 0.6 is 0 Å². The molecule has 196 valence electrons. The van der Waals surface area contributed by atoms with Crippen molar-refractivity contribution in [1.29, 1.82) is 0 Å². The molecule has 0 atom stereocenters. The second-order valence-corrected chi connectivity index (χ2v) is 10.1. The Hall–Kier alpha value is -4.14. The predicted molar refractivity (Wildman–Crippen MR) is 130 cm³/mol. The van der Waals surface area contributed by atoms with Crippen molar-refractivity contribution in [2.75, 3.05) is 40.7 Å². The number of pyridine rings is 1. The normalized spacial score (nSPS) is 13.1. The van der Waals surface area contributed by atoms with Crippen LogP contribution in [0, 0.1) is 0 Å². The van der Waals surface area contributed by atoms with Crippen molar-refractivity contribution in [2.24, 2.45) is 0 Å². The number of carbonyl (C=O) groups excluding carboxylic acids is 1. The first-order chi connectivity index (χ1) is 17.4. The number of carbonyl (C=O) groups is 1. The van der Waals surface area contributed by atoms with E-state index in [0.717, 1.165) is 10.6 Å². The third-order valence-corrected chi connectivity index (χ3v) is 6.67. The second kappa shape index (κ2) is 9.72. The molecule has 1 amide bonds. The zero-order valence-corrected chi connectivity index (χ0v) is 20.7. The number of alkyl halides is 3. The lowest BCUT2D eigenvalue weighted by Gasteiger charge is -2.20. The molecule has 0 bridgehead atoms. The monoisotopic (exact) mass is 537 g/mol. The summed E-state index contributed by atoms with van der Waals surface area (Å²) in [6.07, 6.45) is -1.62. The summed E-state index contributed by atoms with van der Waals surface area (Å²) >= 11 is 0. The van der Waals surface area contributed by atoms with Gasteiger partial charge < -0.3 is 20.7 Å². The fourth-order valence-corrected chi connectivity index (χ4v) is 4.09. The lowest BCUT2D eigenvalue weighted by molar-refractivity contribution is -0.137. The summed E-state index contributed by atoms with van der Waals surface area (Å²) in [5.41, 5.74) is 0.824. The largest absolute Gasteiger partial charge is 0.494 e. The molecule has 3 heterocycles. The average molecular weight is 538 g/mol. The van der Waals surface area contributed by atoms with Gasteiger partial charge in [0.1, 0.15) is 22.9 Å². The molecular formula is C22H22F3N7O4S. The van der Waals surface area contributed by atoms with Gasteiger partial charge in [-0.05, 0) is 17.7 Å². The second-order valence-electron chi connectivity index (χ2n) is 8.08. The van der Waals surface area contributed by atoms with Crippen LogP contribution in [-0.2, 0) is 34.0 Å². The first kappa shape index (κ1) is 25.9. The number of hydrogen-bond donors (Lipinski definition) is 3. The van der Waals surface area contributed by atoms with Gasteiger partial charge in [0.25, 0.3) is 0 Å². The number of methoxy groups -OCH3 is 1. The number of anilines is 5. The zero-order valence-electron chi connectivity index (χ0n) is 19.8. The van der Waals surface area contributed by atoms with Gasteiger partial charge >= 0.3 is 6.18 Å². The number of nitrogens with zero attached hydrogens (tertiary/aromatic N) is 4. The van der Waals surface area contributed by atoms with E-state index in [-0.39, 0.29) is 30.6 Å². The van der Waals surface area contributed by atoms with Crippen LogP contribution in [0.3, 0.4) is 0 Å². The quantitative estimate of drug-likeness (QED) is 0.396. The number of halogens is 3. The smallest absolute Gasteiger partial charge is 0.421 e. The molecule has 15 heteroatoms. The van der Waals surface area contributed by atoms with E-state index in [4.69, 9.17) is 4.74 Å². The van der Waals surface area contributed by atoms with E-state index in [1.165, 1.54) is 32.5 Å². The van der Waals surface area contributed by atoms with Crippen LogP contribution < -0.4 is 25.0 Å². The highest BCUT2D eigenvalue weighted by molar-refractivity contribution is 7.92. The van der Waals surface area contributed by atoms with Crippen molar-refractivity contribution < 1.29 is 31.1 Å². The molecule has 0 unspecified atom stereocenters. The lowest BCUT2D eigenvalue weighted by Crippen LogP contribution is -2.27. The Balaban J connectivity index is 1.65. The number of ether oxygens (including phenoxy) is 1. The summed E-state index contributed by atoms with van der Waals surface area (Å²) in [6.45, 7) is -0.210. The number of fused-ring (bicyclic) bond motifs is 1. The van der Waals surface area contributed by atoms with Gasteiger partial charge in [0.2, 0.25) is 21.9 Å². The summed E-state index contributed by atoms with van der Waals surface area (Å²) < 4.78 is 71.3. The summed E-state index contributed by atoms with van der Waals surface area (Å²) in [5, 5.41) is 8.16. The molecule has 1 aliphatic heterocycles. The van der Waals surface area contributed by atoms with Crippen molar-refractivity contribution in [3.63, 3.8) is 0 Å². The summed E-state index contributed by atoms with van der Waals surface area (Å²) in [5.74, 6) is -0.500. The fourth-order valence-electron chi connectivity index (χ4n) is 3.61. The van der Waals surface area contributed by atoms with Crippen LogP contribution in [0.4, 0.5) is 42.1 Å². The predicted octanol–water partition coefficient (Wildman–Crippen LogP) is 3.15. The number of benzene rings is 1. The molecule has 0 saturated heterocycles. The summed E-state index contributed by atoms with van der Waals surface area (Å²) in [7, 11) is -0.959. The lowest BCUT2D eigenvalue weighted by atomic mass is 10.1. The summed E-state index contributed by atoms with van der Waals surface area (Å²) in [4.78, 5) is 23.6. The minimum atomic E-state index is -4.76. The maximum Gasteiger partial charge on any atom is 0.421 e. The average Bonchev–Trinajstić information content (AvgIpc) is 3.19. The van der Waals surface area contributed by atoms with E-state index in [1.807, 2.05) is 0 Å². The maximum atomic E-state index is 13.7. The van der Waals surface area contributed by atoms with Crippen molar-refractivity contribution in [3.8, 4) is 5.75 Å². The third kappa shape index (κ3) is 5.66. The van der Waals surface area contributed by atoms with Gasteiger partial charge in [-0.3, -0.25) is 9.10 Å². The number of sulfonamides is 1. The van der Waals surface area contributed by atoms with Gasteiger partial charge in [0.05, 0.1) is 25.5 Å². The number of aromatic nitrogens is 3.